The number of rotatable bonds is 9. The second-order valence-corrected chi connectivity index (χ2v) is 12.7. The molecule has 0 aliphatic heterocycles. The van der Waals surface area contributed by atoms with E-state index in [4.69, 9.17) is 21.3 Å². The molecule has 3 aromatic carbocycles. The molecule has 10 heteroatoms. The van der Waals surface area contributed by atoms with Crippen LogP contribution in [-0.2, 0) is 6.61 Å². The van der Waals surface area contributed by atoms with Gasteiger partial charge in [-0.05, 0) is 85.8 Å². The summed E-state index contributed by atoms with van der Waals surface area (Å²) in [6.45, 7) is 7.89. The number of carboxylic acids is 1. The lowest BCUT2D eigenvalue weighted by atomic mass is 9.97. The SMILES string of the molecule is CC.CC(C)NC(=O)c1ccc(-c2ccc(Cl)cc2)c(COc2ccc(-c3nc4cc(C(=O)O)cnc4n3C3CCCCCC3)c(F)c2)c1. The molecule has 1 saturated carbocycles. The summed E-state index contributed by atoms with van der Waals surface area (Å²) in [4.78, 5) is 33.6. The summed E-state index contributed by atoms with van der Waals surface area (Å²) in [5.74, 6) is -1.08. The maximum Gasteiger partial charge on any atom is 0.337 e. The molecule has 5 aromatic rings. The van der Waals surface area contributed by atoms with Crippen molar-refractivity contribution < 1.29 is 23.8 Å². The molecule has 1 aliphatic rings. The average molecular weight is 685 g/mol. The van der Waals surface area contributed by atoms with Gasteiger partial charge in [0, 0.05) is 34.9 Å². The number of hydrogen-bond acceptors (Lipinski definition) is 5. The molecule has 0 bridgehead atoms. The molecule has 2 heterocycles. The number of carboxylic acid groups (broad SMARTS) is 1. The Bertz CT molecular complexity index is 1930. The van der Waals surface area contributed by atoms with Gasteiger partial charge in [-0.15, -0.1) is 0 Å². The Kier molecular flexibility index (Phi) is 11.7. The van der Waals surface area contributed by atoms with Gasteiger partial charge in [0.2, 0.25) is 0 Å². The van der Waals surface area contributed by atoms with E-state index >= 15 is 4.39 Å². The van der Waals surface area contributed by atoms with Gasteiger partial charge in [-0.2, -0.15) is 0 Å². The summed E-state index contributed by atoms with van der Waals surface area (Å²) in [7, 11) is 0. The quantitative estimate of drug-likeness (QED) is 0.150. The minimum absolute atomic E-state index is 0.0228. The Hall–Kier alpha value is -4.76. The molecule has 2 N–H and O–H groups in total. The van der Waals surface area contributed by atoms with Crippen molar-refractivity contribution in [2.75, 3.05) is 0 Å². The molecule has 1 amide bonds. The van der Waals surface area contributed by atoms with Crippen LogP contribution in [0.3, 0.4) is 0 Å². The number of carbonyl (C=O) groups excluding carboxylic acids is 1. The van der Waals surface area contributed by atoms with Crippen molar-refractivity contribution in [2.24, 2.45) is 0 Å². The fourth-order valence-electron chi connectivity index (χ4n) is 6.19. The second kappa shape index (κ2) is 16.1. The monoisotopic (exact) mass is 684 g/mol. The number of carbonyl (C=O) groups is 2. The number of amides is 1. The molecular weight excluding hydrogens is 643 g/mol. The summed E-state index contributed by atoms with van der Waals surface area (Å²) in [6, 6.07) is 19.1. The van der Waals surface area contributed by atoms with Gasteiger partial charge in [0.1, 0.15) is 29.5 Å². The van der Waals surface area contributed by atoms with Crippen LogP contribution < -0.4 is 10.1 Å². The highest BCUT2D eigenvalue weighted by molar-refractivity contribution is 6.30. The van der Waals surface area contributed by atoms with Crippen LogP contribution in [-0.4, -0.2) is 37.6 Å². The topological polar surface area (TPSA) is 106 Å². The van der Waals surface area contributed by atoms with E-state index in [9.17, 15) is 14.7 Å². The smallest absolute Gasteiger partial charge is 0.337 e. The first-order valence-corrected chi connectivity index (χ1v) is 17.3. The summed E-state index contributed by atoms with van der Waals surface area (Å²) < 4.78 is 24.1. The largest absolute Gasteiger partial charge is 0.489 e. The van der Waals surface area contributed by atoms with Crippen LogP contribution in [0.15, 0.2) is 72.9 Å². The lowest BCUT2D eigenvalue weighted by molar-refractivity contribution is 0.0696. The van der Waals surface area contributed by atoms with Crippen LogP contribution in [0.4, 0.5) is 4.39 Å². The number of aromatic nitrogens is 3. The second-order valence-electron chi connectivity index (χ2n) is 12.3. The Morgan fingerprint density at radius 1 is 0.959 bits per heavy atom. The third kappa shape index (κ3) is 8.28. The van der Waals surface area contributed by atoms with Gasteiger partial charge < -0.3 is 19.7 Å². The lowest BCUT2D eigenvalue weighted by Crippen LogP contribution is -2.30. The highest BCUT2D eigenvalue weighted by Gasteiger charge is 2.25. The number of imidazole rings is 1. The summed E-state index contributed by atoms with van der Waals surface area (Å²) in [5.41, 5.74) is 4.30. The first kappa shape index (κ1) is 35.5. The predicted octanol–water partition coefficient (Wildman–Crippen LogP) is 9.89. The third-order valence-corrected chi connectivity index (χ3v) is 8.74. The number of ether oxygens (including phenoxy) is 1. The fourth-order valence-corrected chi connectivity index (χ4v) is 6.32. The fraction of sp³-hybridized carbons (Fsp3) is 0.333. The van der Waals surface area contributed by atoms with Crippen LogP contribution in [0.1, 0.15) is 98.5 Å². The molecule has 0 radical (unpaired) electrons. The molecule has 0 spiro atoms. The van der Waals surface area contributed by atoms with Crippen LogP contribution in [0, 0.1) is 5.82 Å². The Balaban J connectivity index is 0.00000230. The maximum absolute atomic E-state index is 16.0. The number of nitrogens with one attached hydrogen (secondary N) is 1. The zero-order chi connectivity index (χ0) is 35.1. The first-order valence-electron chi connectivity index (χ1n) is 16.9. The van der Waals surface area contributed by atoms with Crippen molar-refractivity contribution in [3.05, 3.63) is 100 Å². The molecule has 1 aliphatic carbocycles. The number of fused-ring (bicyclic) bond motifs is 1. The normalized spacial score (nSPS) is 13.4. The molecule has 256 valence electrons. The van der Waals surface area contributed by atoms with Gasteiger partial charge in [0.05, 0.1) is 11.1 Å². The number of pyridine rings is 1. The Morgan fingerprint density at radius 3 is 2.31 bits per heavy atom. The Labute approximate surface area is 291 Å². The van der Waals surface area contributed by atoms with Crippen molar-refractivity contribution in [3.8, 4) is 28.3 Å². The highest BCUT2D eigenvalue weighted by Crippen LogP contribution is 2.37. The van der Waals surface area contributed by atoms with E-state index in [1.807, 2.05) is 50.5 Å². The standard InChI is InChI=1S/C37H36ClFN4O4.C2H6/c1-22(2)41-36(44)24-11-15-30(23-9-12-27(38)13-10-23)26(17-24)21-47-29-14-16-31(32(39)19-29)34-42-33-18-25(37(45)46)20-40-35(33)43(34)28-7-5-3-4-6-8-28;1-2/h9-20,22,28H,3-8,21H2,1-2H3,(H,41,44)(H,45,46);1-2H3. The van der Waals surface area contributed by atoms with Crippen LogP contribution in [0.5, 0.6) is 5.75 Å². The summed E-state index contributed by atoms with van der Waals surface area (Å²) >= 11 is 6.12. The number of benzene rings is 3. The zero-order valence-corrected chi connectivity index (χ0v) is 29.1. The van der Waals surface area contributed by atoms with Gasteiger partial charge in [0.25, 0.3) is 5.91 Å². The van der Waals surface area contributed by atoms with E-state index < -0.39 is 11.8 Å². The molecule has 2 aromatic heterocycles. The van der Waals surface area contributed by atoms with Crippen LogP contribution in [0.2, 0.25) is 5.02 Å². The molecular formula is C39H42ClFN4O4. The highest BCUT2D eigenvalue weighted by atomic mass is 35.5. The van der Waals surface area contributed by atoms with Gasteiger partial charge in [-0.3, -0.25) is 4.79 Å². The molecule has 8 nitrogen and oxygen atoms in total. The molecule has 49 heavy (non-hydrogen) atoms. The van der Waals surface area contributed by atoms with E-state index in [0.29, 0.717) is 33.3 Å². The van der Waals surface area contributed by atoms with Gasteiger partial charge in [-0.25, -0.2) is 19.2 Å². The minimum Gasteiger partial charge on any atom is -0.489 e. The third-order valence-electron chi connectivity index (χ3n) is 8.48. The number of aromatic carboxylic acids is 1. The van der Waals surface area contributed by atoms with Crippen molar-refractivity contribution in [2.45, 2.75) is 84.9 Å². The molecule has 6 rings (SSSR count). The van der Waals surface area contributed by atoms with Crippen LogP contribution in [0.25, 0.3) is 33.7 Å². The van der Waals surface area contributed by atoms with Gasteiger partial charge in [0.15, 0.2) is 5.65 Å². The predicted molar refractivity (Wildman–Crippen MR) is 192 cm³/mol. The van der Waals surface area contributed by atoms with Crippen molar-refractivity contribution in [1.29, 1.82) is 0 Å². The van der Waals surface area contributed by atoms with Crippen LogP contribution >= 0.6 is 11.6 Å². The number of hydrogen-bond donors (Lipinski definition) is 2. The van der Waals surface area contributed by atoms with Crippen molar-refractivity contribution in [3.63, 3.8) is 0 Å². The molecule has 1 fully saturated rings. The average Bonchev–Trinajstić information content (AvgIpc) is 3.25. The number of nitrogens with zero attached hydrogens (tertiary/aromatic N) is 3. The lowest BCUT2D eigenvalue weighted by Gasteiger charge is -2.20. The molecule has 0 unspecified atom stereocenters. The van der Waals surface area contributed by atoms with E-state index in [0.717, 1.165) is 55.2 Å². The summed E-state index contributed by atoms with van der Waals surface area (Å²) in [6.07, 6.45) is 7.52. The van der Waals surface area contributed by atoms with Crippen molar-refractivity contribution >= 4 is 34.6 Å². The molecule has 0 atom stereocenters. The Morgan fingerprint density at radius 2 is 1.65 bits per heavy atom. The van der Waals surface area contributed by atoms with Gasteiger partial charge in [-0.1, -0.05) is 69.3 Å². The maximum atomic E-state index is 16.0. The zero-order valence-electron chi connectivity index (χ0n) is 28.3. The number of halogens is 2. The molecule has 0 saturated heterocycles. The van der Waals surface area contributed by atoms with E-state index in [-0.39, 0.29) is 35.7 Å². The van der Waals surface area contributed by atoms with E-state index in [1.54, 1.807) is 36.4 Å². The van der Waals surface area contributed by atoms with Crippen molar-refractivity contribution in [1.82, 2.24) is 19.9 Å². The van der Waals surface area contributed by atoms with E-state index in [1.165, 1.54) is 18.3 Å². The summed E-state index contributed by atoms with van der Waals surface area (Å²) in [5, 5.41) is 13.1. The first-order chi connectivity index (χ1) is 23.7. The van der Waals surface area contributed by atoms with E-state index in [2.05, 4.69) is 10.3 Å². The van der Waals surface area contributed by atoms with Gasteiger partial charge >= 0.3 is 5.97 Å². The minimum atomic E-state index is -1.09.